The van der Waals surface area contributed by atoms with E-state index in [9.17, 15) is 4.79 Å². The second-order valence-electron chi connectivity index (χ2n) is 6.25. The first-order valence-corrected chi connectivity index (χ1v) is 7.51. The second-order valence-corrected chi connectivity index (χ2v) is 6.25. The van der Waals surface area contributed by atoms with Crippen LogP contribution in [0.1, 0.15) is 59.8 Å². The van der Waals surface area contributed by atoms with Crippen LogP contribution in [0, 0.1) is 17.8 Å². The second kappa shape index (κ2) is 7.13. The van der Waals surface area contributed by atoms with Crippen molar-refractivity contribution in [2.75, 3.05) is 0 Å². The highest BCUT2D eigenvalue weighted by atomic mass is 16.1. The van der Waals surface area contributed by atoms with Gasteiger partial charge in [-0.2, -0.15) is 0 Å². The summed E-state index contributed by atoms with van der Waals surface area (Å²) in [4.78, 5) is 12.3. The molecule has 3 N–H and O–H groups in total. The average Bonchev–Trinajstić information content (AvgIpc) is 2.31. The van der Waals surface area contributed by atoms with E-state index in [1.807, 2.05) is 0 Å². The average molecular weight is 254 g/mol. The molecular weight excluding hydrogens is 224 g/mol. The molecule has 5 unspecified atom stereocenters. The third kappa shape index (κ3) is 4.27. The van der Waals surface area contributed by atoms with E-state index in [4.69, 9.17) is 5.73 Å². The van der Waals surface area contributed by atoms with Crippen LogP contribution in [0.3, 0.4) is 0 Å². The molecule has 0 bridgehead atoms. The molecule has 1 amide bonds. The van der Waals surface area contributed by atoms with Crippen LogP contribution in [-0.2, 0) is 4.79 Å². The van der Waals surface area contributed by atoms with E-state index < -0.39 is 0 Å². The Kier molecular flexibility index (Phi) is 6.13. The molecule has 0 saturated heterocycles. The molecule has 0 heterocycles. The predicted molar refractivity (Wildman–Crippen MR) is 76.2 cm³/mol. The molecule has 1 aliphatic carbocycles. The summed E-state index contributed by atoms with van der Waals surface area (Å²) in [7, 11) is 0. The fourth-order valence-electron chi connectivity index (χ4n) is 2.98. The van der Waals surface area contributed by atoms with Gasteiger partial charge in [-0.3, -0.25) is 4.79 Å². The van der Waals surface area contributed by atoms with Gasteiger partial charge in [0.15, 0.2) is 0 Å². The maximum absolute atomic E-state index is 12.3. The van der Waals surface area contributed by atoms with Crippen LogP contribution in [0.15, 0.2) is 0 Å². The van der Waals surface area contributed by atoms with Gasteiger partial charge in [0.25, 0.3) is 0 Å². The quantitative estimate of drug-likeness (QED) is 0.792. The van der Waals surface area contributed by atoms with Gasteiger partial charge in [0.2, 0.25) is 5.91 Å². The number of nitrogens with one attached hydrogen (secondary N) is 1. The molecule has 0 aromatic rings. The Balaban J connectivity index is 2.45. The van der Waals surface area contributed by atoms with Gasteiger partial charge in [-0.15, -0.1) is 0 Å². The molecule has 1 rings (SSSR count). The number of hydrogen-bond donors (Lipinski definition) is 2. The van der Waals surface area contributed by atoms with Crippen molar-refractivity contribution in [3.05, 3.63) is 0 Å². The van der Waals surface area contributed by atoms with E-state index in [1.54, 1.807) is 0 Å². The number of rotatable bonds is 5. The molecule has 1 aliphatic rings. The molecule has 3 heteroatoms. The Morgan fingerprint density at radius 3 is 2.61 bits per heavy atom. The van der Waals surface area contributed by atoms with Gasteiger partial charge in [0.05, 0.1) is 0 Å². The van der Waals surface area contributed by atoms with Crippen molar-refractivity contribution in [1.82, 2.24) is 5.32 Å². The molecule has 0 radical (unpaired) electrons. The van der Waals surface area contributed by atoms with Crippen molar-refractivity contribution >= 4 is 5.91 Å². The zero-order valence-electron chi connectivity index (χ0n) is 12.4. The highest BCUT2D eigenvalue weighted by Crippen LogP contribution is 2.33. The van der Waals surface area contributed by atoms with E-state index in [2.05, 4.69) is 33.0 Å². The first-order chi connectivity index (χ1) is 8.45. The smallest absolute Gasteiger partial charge is 0.223 e. The van der Waals surface area contributed by atoms with E-state index in [-0.39, 0.29) is 17.9 Å². The molecule has 0 aliphatic heterocycles. The monoisotopic (exact) mass is 254 g/mol. The Labute approximate surface area is 112 Å². The highest BCUT2D eigenvalue weighted by Gasteiger charge is 2.35. The van der Waals surface area contributed by atoms with Gasteiger partial charge in [0.1, 0.15) is 0 Å². The maximum atomic E-state index is 12.3. The summed E-state index contributed by atoms with van der Waals surface area (Å²) in [5, 5.41) is 3.16. The van der Waals surface area contributed by atoms with Crippen LogP contribution < -0.4 is 11.1 Å². The van der Waals surface area contributed by atoms with Crippen LogP contribution in [0.2, 0.25) is 0 Å². The van der Waals surface area contributed by atoms with Crippen LogP contribution in [0.25, 0.3) is 0 Å². The summed E-state index contributed by atoms with van der Waals surface area (Å²) in [5.41, 5.74) is 6.10. The molecular formula is C15H30N2O. The zero-order valence-corrected chi connectivity index (χ0v) is 12.4. The summed E-state index contributed by atoms with van der Waals surface area (Å²) in [6.45, 7) is 8.66. The summed E-state index contributed by atoms with van der Waals surface area (Å²) in [5.74, 6) is 1.33. The number of amides is 1. The fourth-order valence-corrected chi connectivity index (χ4v) is 2.98. The largest absolute Gasteiger partial charge is 0.353 e. The molecule has 0 aromatic heterocycles. The van der Waals surface area contributed by atoms with Crippen molar-refractivity contribution in [3.63, 3.8) is 0 Å². The first kappa shape index (κ1) is 15.5. The minimum atomic E-state index is 0.111. The van der Waals surface area contributed by atoms with Gasteiger partial charge < -0.3 is 11.1 Å². The number of carbonyl (C=O) groups is 1. The normalized spacial score (nSPS) is 34.1. The Morgan fingerprint density at radius 2 is 2.00 bits per heavy atom. The lowest BCUT2D eigenvalue weighted by Crippen LogP contribution is -2.46. The van der Waals surface area contributed by atoms with Crippen LogP contribution in [0.4, 0.5) is 0 Å². The van der Waals surface area contributed by atoms with E-state index in [0.29, 0.717) is 17.9 Å². The molecule has 18 heavy (non-hydrogen) atoms. The number of unbranched alkanes of at least 4 members (excludes halogenated alkanes) is 1. The summed E-state index contributed by atoms with van der Waals surface area (Å²) in [6.07, 6.45) is 5.35. The molecule has 5 atom stereocenters. The maximum Gasteiger partial charge on any atom is 0.223 e. The van der Waals surface area contributed by atoms with E-state index >= 15 is 0 Å². The van der Waals surface area contributed by atoms with Crippen molar-refractivity contribution < 1.29 is 4.79 Å². The number of hydrogen-bond acceptors (Lipinski definition) is 2. The molecule has 1 fully saturated rings. The summed E-state index contributed by atoms with van der Waals surface area (Å²) < 4.78 is 0. The van der Waals surface area contributed by atoms with Crippen LogP contribution >= 0.6 is 0 Å². The number of carbonyl (C=O) groups excluding carboxylic acids is 1. The van der Waals surface area contributed by atoms with E-state index in [0.717, 1.165) is 19.3 Å². The molecule has 1 saturated carbocycles. The van der Waals surface area contributed by atoms with Crippen molar-refractivity contribution in [3.8, 4) is 0 Å². The SMILES string of the molecule is CCCCC(C)NC(=O)C1CC(N)C(C)CC1C. The van der Waals surface area contributed by atoms with Gasteiger partial charge in [0, 0.05) is 18.0 Å². The minimum Gasteiger partial charge on any atom is -0.353 e. The van der Waals surface area contributed by atoms with Crippen molar-refractivity contribution in [2.24, 2.45) is 23.5 Å². The topological polar surface area (TPSA) is 55.1 Å². The van der Waals surface area contributed by atoms with Crippen LogP contribution in [-0.4, -0.2) is 18.0 Å². The zero-order chi connectivity index (χ0) is 13.7. The lowest BCUT2D eigenvalue weighted by molar-refractivity contribution is -0.128. The minimum absolute atomic E-state index is 0.111. The lowest BCUT2D eigenvalue weighted by atomic mass is 9.72. The molecule has 0 aromatic carbocycles. The predicted octanol–water partition coefficient (Wildman–Crippen LogP) is 2.69. The van der Waals surface area contributed by atoms with Crippen molar-refractivity contribution in [1.29, 1.82) is 0 Å². The summed E-state index contributed by atoms with van der Waals surface area (Å²) >= 11 is 0. The summed E-state index contributed by atoms with van der Waals surface area (Å²) in [6, 6.07) is 0.475. The van der Waals surface area contributed by atoms with Crippen molar-refractivity contribution in [2.45, 2.75) is 71.9 Å². The molecule has 0 spiro atoms. The Hall–Kier alpha value is -0.570. The third-order valence-electron chi connectivity index (χ3n) is 4.40. The number of nitrogens with two attached hydrogens (primary N) is 1. The Bertz CT molecular complexity index is 267. The molecule has 3 nitrogen and oxygen atoms in total. The highest BCUT2D eigenvalue weighted by molar-refractivity contribution is 5.79. The van der Waals surface area contributed by atoms with Gasteiger partial charge in [-0.05, 0) is 38.0 Å². The van der Waals surface area contributed by atoms with Gasteiger partial charge in [-0.1, -0.05) is 33.6 Å². The first-order valence-electron chi connectivity index (χ1n) is 7.51. The van der Waals surface area contributed by atoms with E-state index in [1.165, 1.54) is 12.8 Å². The van der Waals surface area contributed by atoms with Gasteiger partial charge in [-0.25, -0.2) is 0 Å². The van der Waals surface area contributed by atoms with Gasteiger partial charge >= 0.3 is 0 Å². The Morgan fingerprint density at radius 1 is 1.33 bits per heavy atom. The lowest BCUT2D eigenvalue weighted by Gasteiger charge is -2.36. The fraction of sp³-hybridized carbons (Fsp3) is 0.933. The third-order valence-corrected chi connectivity index (χ3v) is 4.40. The molecule has 106 valence electrons. The van der Waals surface area contributed by atoms with Crippen LogP contribution in [0.5, 0.6) is 0 Å². The standard InChI is InChI=1S/C15H30N2O/c1-5-6-7-12(4)17-15(18)13-9-14(16)11(3)8-10(13)2/h10-14H,5-9,16H2,1-4H3,(H,17,18).